The molecular formula is C17H15ClN2O2S. The van der Waals surface area contributed by atoms with Crippen LogP contribution in [-0.2, 0) is 22.3 Å². The second-order valence-corrected chi connectivity index (χ2v) is 7.06. The van der Waals surface area contributed by atoms with Crippen molar-refractivity contribution in [3.8, 4) is 11.4 Å². The molecule has 6 heteroatoms. The predicted octanol–water partition coefficient (Wildman–Crippen LogP) is 4.15. The van der Waals surface area contributed by atoms with Crippen LogP contribution < -0.4 is 0 Å². The first kappa shape index (κ1) is 15.9. The molecule has 118 valence electrons. The van der Waals surface area contributed by atoms with Crippen LogP contribution in [0, 0.1) is 6.92 Å². The van der Waals surface area contributed by atoms with Crippen LogP contribution in [-0.4, -0.2) is 14.3 Å². The molecule has 3 rings (SSSR count). The molecule has 0 fully saturated rings. The molecule has 2 aromatic carbocycles. The topological polar surface area (TPSA) is 56.0 Å². The third-order valence-corrected chi connectivity index (χ3v) is 4.91. The second-order valence-electron chi connectivity index (χ2n) is 5.20. The fourth-order valence-corrected chi connectivity index (χ4v) is 3.49. The Morgan fingerprint density at radius 1 is 1.09 bits per heavy atom. The van der Waals surface area contributed by atoms with Crippen LogP contribution in [0.5, 0.6) is 0 Å². The lowest BCUT2D eigenvalue weighted by molar-refractivity contribution is 0.390. The van der Waals surface area contributed by atoms with Crippen LogP contribution in [0.1, 0.15) is 17.0 Å². The van der Waals surface area contributed by atoms with Crippen LogP contribution in [0.3, 0.4) is 0 Å². The summed E-state index contributed by atoms with van der Waals surface area (Å²) in [6, 6.07) is 15.2. The van der Waals surface area contributed by atoms with Crippen molar-refractivity contribution in [3.05, 3.63) is 70.6 Å². The van der Waals surface area contributed by atoms with E-state index in [-0.39, 0.29) is 5.75 Å². The lowest BCUT2D eigenvalue weighted by Crippen LogP contribution is -2.00. The summed E-state index contributed by atoms with van der Waals surface area (Å²) in [6.45, 7) is 2.02. The van der Waals surface area contributed by atoms with Gasteiger partial charge in [-0.05, 0) is 18.6 Å². The number of hydrogen-bond acceptors (Lipinski definition) is 4. The van der Waals surface area contributed by atoms with Gasteiger partial charge in [-0.2, -0.15) is 4.98 Å². The smallest absolute Gasteiger partial charge is 0.239 e. The third kappa shape index (κ3) is 4.06. The molecule has 3 aromatic rings. The van der Waals surface area contributed by atoms with E-state index >= 15 is 0 Å². The van der Waals surface area contributed by atoms with Crippen molar-refractivity contribution in [2.75, 3.05) is 0 Å². The van der Waals surface area contributed by atoms with E-state index in [1.807, 2.05) is 49.4 Å². The lowest BCUT2D eigenvalue weighted by atomic mass is 10.1. The molecule has 0 saturated heterocycles. The summed E-state index contributed by atoms with van der Waals surface area (Å²) >= 11 is 6.08. The minimum Gasteiger partial charge on any atom is -0.338 e. The molecule has 1 atom stereocenters. The summed E-state index contributed by atoms with van der Waals surface area (Å²) in [7, 11) is -1.16. The molecule has 23 heavy (non-hydrogen) atoms. The summed E-state index contributed by atoms with van der Waals surface area (Å²) in [4.78, 5) is 4.31. The Bertz CT molecular complexity index is 831. The maximum Gasteiger partial charge on any atom is 0.239 e. The van der Waals surface area contributed by atoms with Gasteiger partial charge in [0.2, 0.25) is 11.7 Å². The molecule has 1 heterocycles. The SMILES string of the molecule is Cc1ccc(-c2noc(CS(=O)Cc3ccccc3Cl)n2)cc1. The number of nitrogens with zero attached hydrogens (tertiary/aromatic N) is 2. The van der Waals surface area contributed by atoms with Gasteiger partial charge < -0.3 is 4.52 Å². The van der Waals surface area contributed by atoms with Gasteiger partial charge in [0.05, 0.1) is 5.75 Å². The minimum atomic E-state index is -1.16. The number of rotatable bonds is 5. The molecule has 0 spiro atoms. The Kier molecular flexibility index (Phi) is 4.88. The van der Waals surface area contributed by atoms with Gasteiger partial charge in [0.15, 0.2) is 0 Å². The maximum atomic E-state index is 12.2. The van der Waals surface area contributed by atoms with Gasteiger partial charge in [-0.3, -0.25) is 4.21 Å². The molecule has 0 aliphatic carbocycles. The summed E-state index contributed by atoms with van der Waals surface area (Å²) in [5.41, 5.74) is 2.89. The maximum absolute atomic E-state index is 12.2. The molecule has 1 aromatic heterocycles. The van der Waals surface area contributed by atoms with Crippen molar-refractivity contribution in [2.24, 2.45) is 0 Å². The third-order valence-electron chi connectivity index (χ3n) is 3.34. The van der Waals surface area contributed by atoms with Gasteiger partial charge in [0, 0.05) is 21.4 Å². The van der Waals surface area contributed by atoms with Crippen molar-refractivity contribution in [3.63, 3.8) is 0 Å². The van der Waals surface area contributed by atoms with Crippen LogP contribution in [0.15, 0.2) is 53.1 Å². The van der Waals surface area contributed by atoms with Gasteiger partial charge in [-0.25, -0.2) is 0 Å². The van der Waals surface area contributed by atoms with Crippen LogP contribution in [0.4, 0.5) is 0 Å². The van der Waals surface area contributed by atoms with E-state index < -0.39 is 10.8 Å². The molecule has 0 bridgehead atoms. The van der Waals surface area contributed by atoms with E-state index in [0.717, 1.165) is 11.1 Å². The fraction of sp³-hybridized carbons (Fsp3) is 0.176. The average molecular weight is 347 g/mol. The number of aromatic nitrogens is 2. The van der Waals surface area contributed by atoms with Gasteiger partial charge in [0.25, 0.3) is 0 Å². The largest absolute Gasteiger partial charge is 0.338 e. The monoisotopic (exact) mass is 346 g/mol. The van der Waals surface area contributed by atoms with Crippen molar-refractivity contribution in [1.82, 2.24) is 10.1 Å². The Morgan fingerprint density at radius 2 is 1.83 bits per heavy atom. The molecule has 1 unspecified atom stereocenters. The first-order valence-corrected chi connectivity index (χ1v) is 8.96. The molecule has 4 nitrogen and oxygen atoms in total. The zero-order chi connectivity index (χ0) is 16.2. The molecule has 0 aliphatic heterocycles. The minimum absolute atomic E-state index is 0.212. The van der Waals surface area contributed by atoms with Gasteiger partial charge in [-0.1, -0.05) is 64.8 Å². The predicted molar refractivity (Wildman–Crippen MR) is 91.5 cm³/mol. The van der Waals surface area contributed by atoms with E-state index in [0.29, 0.717) is 22.5 Å². The summed E-state index contributed by atoms with van der Waals surface area (Å²) in [6.07, 6.45) is 0. The highest BCUT2D eigenvalue weighted by atomic mass is 35.5. The number of benzene rings is 2. The summed E-state index contributed by atoms with van der Waals surface area (Å²) in [5, 5.41) is 4.56. The highest BCUT2D eigenvalue weighted by Gasteiger charge is 2.13. The zero-order valence-electron chi connectivity index (χ0n) is 12.5. The molecule has 0 amide bonds. The van der Waals surface area contributed by atoms with Crippen LogP contribution in [0.2, 0.25) is 5.02 Å². The zero-order valence-corrected chi connectivity index (χ0v) is 14.1. The summed E-state index contributed by atoms with van der Waals surface area (Å²) in [5.74, 6) is 1.45. The first-order valence-electron chi connectivity index (χ1n) is 7.10. The van der Waals surface area contributed by atoms with E-state index in [1.165, 1.54) is 5.56 Å². The average Bonchev–Trinajstić information content (AvgIpc) is 2.98. The van der Waals surface area contributed by atoms with Gasteiger partial charge in [0.1, 0.15) is 5.75 Å². The van der Waals surface area contributed by atoms with Crippen molar-refractivity contribution in [1.29, 1.82) is 0 Å². The Morgan fingerprint density at radius 3 is 2.57 bits per heavy atom. The van der Waals surface area contributed by atoms with Crippen molar-refractivity contribution < 1.29 is 8.73 Å². The molecule has 0 aliphatic rings. The lowest BCUT2D eigenvalue weighted by Gasteiger charge is -2.02. The Labute approximate surface area is 142 Å². The highest BCUT2D eigenvalue weighted by Crippen LogP contribution is 2.19. The molecule has 0 saturated carbocycles. The van der Waals surface area contributed by atoms with Gasteiger partial charge >= 0.3 is 0 Å². The Hall–Kier alpha value is -1.98. The molecular weight excluding hydrogens is 332 g/mol. The van der Waals surface area contributed by atoms with Crippen molar-refractivity contribution in [2.45, 2.75) is 18.4 Å². The van der Waals surface area contributed by atoms with Gasteiger partial charge in [-0.15, -0.1) is 0 Å². The number of hydrogen-bond donors (Lipinski definition) is 0. The van der Waals surface area contributed by atoms with E-state index in [1.54, 1.807) is 6.07 Å². The number of aryl methyl sites for hydroxylation is 1. The fourth-order valence-electron chi connectivity index (χ4n) is 2.11. The van der Waals surface area contributed by atoms with E-state index in [2.05, 4.69) is 10.1 Å². The normalized spacial score (nSPS) is 12.3. The molecule has 0 radical (unpaired) electrons. The van der Waals surface area contributed by atoms with Crippen molar-refractivity contribution >= 4 is 22.4 Å². The van der Waals surface area contributed by atoms with Crippen LogP contribution >= 0.6 is 11.6 Å². The summed E-state index contributed by atoms with van der Waals surface area (Å²) < 4.78 is 17.4. The number of halogens is 1. The Balaban J connectivity index is 1.68. The van der Waals surface area contributed by atoms with Crippen LogP contribution in [0.25, 0.3) is 11.4 Å². The quantitative estimate of drug-likeness (QED) is 0.696. The molecule has 0 N–H and O–H groups in total. The first-order chi connectivity index (χ1) is 11.1. The highest BCUT2D eigenvalue weighted by molar-refractivity contribution is 7.83. The van der Waals surface area contributed by atoms with E-state index in [9.17, 15) is 4.21 Å². The second kappa shape index (κ2) is 7.06. The van der Waals surface area contributed by atoms with E-state index in [4.69, 9.17) is 16.1 Å². The standard InChI is InChI=1S/C17H15ClN2O2S/c1-12-6-8-13(9-7-12)17-19-16(22-20-17)11-23(21)10-14-4-2-3-5-15(14)18/h2-9H,10-11H2,1H3.